The number of carbonyl (C=O) groups excluding carboxylic acids is 2. The molecule has 1 N–H and O–H groups in total. The van der Waals surface area contributed by atoms with Crippen LogP contribution >= 0.6 is 0 Å². The minimum absolute atomic E-state index is 0.0261. The molecule has 7 heteroatoms. The Morgan fingerprint density at radius 1 is 1.24 bits per heavy atom. The van der Waals surface area contributed by atoms with Crippen LogP contribution in [0.25, 0.3) is 11.0 Å². The van der Waals surface area contributed by atoms with Crippen LogP contribution < -0.4 is 15.7 Å². The highest BCUT2D eigenvalue weighted by molar-refractivity contribution is 5.82. The van der Waals surface area contributed by atoms with Crippen molar-refractivity contribution in [1.29, 1.82) is 0 Å². The fraction of sp³-hybridized carbons (Fsp3) is 0.389. The number of hydrogen-bond acceptors (Lipinski definition) is 6. The first kappa shape index (κ1) is 18.5. The molecule has 0 radical (unpaired) electrons. The SMILES string of the molecule is CC[C@@H](C)NC(=O)COC(=O)COc1ccc2c(C)cc(=O)oc2c1. The molecule has 2 rings (SSSR count). The monoisotopic (exact) mass is 347 g/mol. The van der Waals surface area contributed by atoms with Gasteiger partial charge in [-0.3, -0.25) is 4.79 Å². The topological polar surface area (TPSA) is 94.8 Å². The van der Waals surface area contributed by atoms with Gasteiger partial charge in [0.25, 0.3) is 5.91 Å². The van der Waals surface area contributed by atoms with Crippen LogP contribution in [0.5, 0.6) is 5.75 Å². The number of aryl methyl sites for hydroxylation is 1. The summed E-state index contributed by atoms with van der Waals surface area (Å²) in [5.74, 6) is -0.655. The van der Waals surface area contributed by atoms with Gasteiger partial charge >= 0.3 is 11.6 Å². The molecule has 25 heavy (non-hydrogen) atoms. The first-order valence-electron chi connectivity index (χ1n) is 8.01. The van der Waals surface area contributed by atoms with Gasteiger partial charge in [0.1, 0.15) is 11.3 Å². The van der Waals surface area contributed by atoms with Gasteiger partial charge in [0, 0.05) is 23.6 Å². The molecule has 7 nitrogen and oxygen atoms in total. The summed E-state index contributed by atoms with van der Waals surface area (Å²) in [4.78, 5) is 34.6. The smallest absolute Gasteiger partial charge is 0.344 e. The Hall–Kier alpha value is -2.83. The maximum atomic E-state index is 11.6. The van der Waals surface area contributed by atoms with Gasteiger partial charge in [0.2, 0.25) is 0 Å². The van der Waals surface area contributed by atoms with Gasteiger partial charge in [-0.25, -0.2) is 9.59 Å². The number of esters is 1. The molecule has 1 amide bonds. The Labute approximate surface area is 144 Å². The molecule has 0 unspecified atom stereocenters. The van der Waals surface area contributed by atoms with E-state index in [0.29, 0.717) is 11.3 Å². The number of rotatable bonds is 7. The second-order valence-electron chi connectivity index (χ2n) is 5.73. The zero-order chi connectivity index (χ0) is 18.4. The third kappa shape index (κ3) is 5.34. The highest BCUT2D eigenvalue weighted by Gasteiger charge is 2.11. The van der Waals surface area contributed by atoms with Crippen LogP contribution in [0.1, 0.15) is 25.8 Å². The van der Waals surface area contributed by atoms with Gasteiger partial charge in [-0.05, 0) is 38.0 Å². The molecule has 0 fully saturated rings. The molecule has 1 atom stereocenters. The van der Waals surface area contributed by atoms with E-state index in [0.717, 1.165) is 17.4 Å². The Bertz CT molecular complexity index is 826. The molecule has 0 spiro atoms. The van der Waals surface area contributed by atoms with Crippen molar-refractivity contribution in [2.45, 2.75) is 33.2 Å². The van der Waals surface area contributed by atoms with E-state index >= 15 is 0 Å². The fourth-order valence-corrected chi connectivity index (χ4v) is 2.14. The van der Waals surface area contributed by atoms with E-state index in [2.05, 4.69) is 5.32 Å². The van der Waals surface area contributed by atoms with Crippen molar-refractivity contribution < 1.29 is 23.5 Å². The molecule has 0 saturated heterocycles. The molecular formula is C18H21NO6. The van der Waals surface area contributed by atoms with Gasteiger partial charge in [-0.15, -0.1) is 0 Å². The van der Waals surface area contributed by atoms with Gasteiger partial charge in [-0.1, -0.05) is 6.92 Å². The maximum absolute atomic E-state index is 11.6. The standard InChI is InChI=1S/C18H21NO6/c1-4-12(3)19-16(20)9-24-18(22)10-23-13-5-6-14-11(2)7-17(21)25-15(14)8-13/h5-8,12H,4,9-10H2,1-3H3,(H,19,20)/t12-/m1/s1. The Morgan fingerprint density at radius 2 is 2.00 bits per heavy atom. The number of hydrogen-bond donors (Lipinski definition) is 1. The lowest BCUT2D eigenvalue weighted by molar-refractivity contribution is -0.150. The van der Waals surface area contributed by atoms with E-state index in [-0.39, 0.29) is 25.2 Å². The Morgan fingerprint density at radius 3 is 2.72 bits per heavy atom. The summed E-state index contributed by atoms with van der Waals surface area (Å²) < 4.78 is 15.3. The van der Waals surface area contributed by atoms with E-state index < -0.39 is 11.6 Å². The second-order valence-corrected chi connectivity index (χ2v) is 5.73. The van der Waals surface area contributed by atoms with Crippen molar-refractivity contribution in [3.05, 3.63) is 40.2 Å². The average Bonchev–Trinajstić information content (AvgIpc) is 2.57. The average molecular weight is 347 g/mol. The molecule has 1 aromatic carbocycles. The predicted molar refractivity (Wildman–Crippen MR) is 91.6 cm³/mol. The van der Waals surface area contributed by atoms with Crippen LogP contribution in [0, 0.1) is 6.92 Å². The summed E-state index contributed by atoms with van der Waals surface area (Å²) >= 11 is 0. The van der Waals surface area contributed by atoms with E-state index in [1.165, 1.54) is 12.1 Å². The highest BCUT2D eigenvalue weighted by Crippen LogP contribution is 2.22. The van der Waals surface area contributed by atoms with Gasteiger partial charge in [-0.2, -0.15) is 0 Å². The predicted octanol–water partition coefficient (Wildman–Crippen LogP) is 1.94. The van der Waals surface area contributed by atoms with E-state index in [4.69, 9.17) is 13.9 Å². The largest absolute Gasteiger partial charge is 0.482 e. The van der Waals surface area contributed by atoms with Gasteiger partial charge < -0.3 is 19.2 Å². The summed E-state index contributed by atoms with van der Waals surface area (Å²) in [5.41, 5.74) is 0.724. The molecule has 0 saturated carbocycles. The van der Waals surface area contributed by atoms with Crippen LogP contribution in [0.3, 0.4) is 0 Å². The number of nitrogens with one attached hydrogen (secondary N) is 1. The summed E-state index contributed by atoms with van der Waals surface area (Å²) in [6, 6.07) is 6.38. The van der Waals surface area contributed by atoms with Crippen LogP contribution in [-0.4, -0.2) is 31.1 Å². The van der Waals surface area contributed by atoms with Crippen LogP contribution in [-0.2, 0) is 14.3 Å². The van der Waals surface area contributed by atoms with Crippen molar-refractivity contribution in [1.82, 2.24) is 5.32 Å². The molecule has 1 aromatic heterocycles. The quantitative estimate of drug-likeness (QED) is 0.607. The van der Waals surface area contributed by atoms with E-state index in [1.807, 2.05) is 20.8 Å². The summed E-state index contributed by atoms with van der Waals surface area (Å²) in [7, 11) is 0. The number of benzene rings is 1. The van der Waals surface area contributed by atoms with Gasteiger partial charge in [0.15, 0.2) is 13.2 Å². The van der Waals surface area contributed by atoms with Crippen LogP contribution in [0.4, 0.5) is 0 Å². The molecule has 2 aromatic rings. The van der Waals surface area contributed by atoms with Crippen molar-refractivity contribution in [2.75, 3.05) is 13.2 Å². The van der Waals surface area contributed by atoms with Crippen molar-refractivity contribution in [3.8, 4) is 5.75 Å². The summed E-state index contributed by atoms with van der Waals surface area (Å²) in [6.07, 6.45) is 0.792. The molecule has 0 aliphatic rings. The highest BCUT2D eigenvalue weighted by atomic mass is 16.6. The maximum Gasteiger partial charge on any atom is 0.344 e. The van der Waals surface area contributed by atoms with E-state index in [9.17, 15) is 14.4 Å². The Balaban J connectivity index is 1.88. The lowest BCUT2D eigenvalue weighted by atomic mass is 10.1. The molecule has 134 valence electrons. The molecule has 0 aliphatic carbocycles. The number of amides is 1. The molecule has 1 heterocycles. The van der Waals surface area contributed by atoms with Crippen molar-refractivity contribution in [3.63, 3.8) is 0 Å². The molecule has 0 bridgehead atoms. The van der Waals surface area contributed by atoms with Crippen LogP contribution in [0.2, 0.25) is 0 Å². The van der Waals surface area contributed by atoms with Crippen molar-refractivity contribution >= 4 is 22.8 Å². The summed E-state index contributed by atoms with van der Waals surface area (Å²) in [6.45, 7) is 4.92. The minimum Gasteiger partial charge on any atom is -0.482 e. The van der Waals surface area contributed by atoms with Crippen LogP contribution in [0.15, 0.2) is 33.5 Å². The second kappa shape index (κ2) is 8.32. The number of carbonyl (C=O) groups is 2. The Kier molecular flexibility index (Phi) is 6.16. The fourth-order valence-electron chi connectivity index (χ4n) is 2.14. The lowest BCUT2D eigenvalue weighted by Gasteiger charge is -2.11. The van der Waals surface area contributed by atoms with Gasteiger partial charge in [0.05, 0.1) is 0 Å². The van der Waals surface area contributed by atoms with Crippen molar-refractivity contribution in [2.24, 2.45) is 0 Å². The number of fused-ring (bicyclic) bond motifs is 1. The van der Waals surface area contributed by atoms with E-state index in [1.54, 1.807) is 12.1 Å². The number of ether oxygens (including phenoxy) is 2. The lowest BCUT2D eigenvalue weighted by Crippen LogP contribution is -2.35. The minimum atomic E-state index is -0.662. The third-order valence-corrected chi connectivity index (χ3v) is 3.66. The zero-order valence-corrected chi connectivity index (χ0v) is 14.5. The third-order valence-electron chi connectivity index (χ3n) is 3.66. The summed E-state index contributed by atoms with van der Waals surface area (Å²) in [5, 5.41) is 3.48. The zero-order valence-electron chi connectivity index (χ0n) is 14.5. The molecular weight excluding hydrogens is 326 g/mol. The molecule has 0 aliphatic heterocycles. The normalized spacial score (nSPS) is 11.8. The first-order valence-corrected chi connectivity index (χ1v) is 8.01. The first-order chi connectivity index (χ1) is 11.9.